The molecule has 1 aromatic carbocycles. The fourth-order valence-electron chi connectivity index (χ4n) is 1.88. The molecule has 4 nitrogen and oxygen atoms in total. The number of nitrogens with zero attached hydrogens (tertiary/aromatic N) is 1. The van der Waals surface area contributed by atoms with Crippen molar-refractivity contribution in [3.63, 3.8) is 0 Å². The van der Waals surface area contributed by atoms with E-state index in [9.17, 15) is 4.79 Å². The number of pyridine rings is 1. The molecule has 0 saturated heterocycles. The quantitative estimate of drug-likeness (QED) is 0.909. The van der Waals surface area contributed by atoms with Crippen LogP contribution in [0.25, 0.3) is 0 Å². The molecule has 0 fully saturated rings. The van der Waals surface area contributed by atoms with Crippen molar-refractivity contribution in [2.45, 2.75) is 13.3 Å². The Bertz CT molecular complexity index is 628. The molecule has 0 aliphatic rings. The van der Waals surface area contributed by atoms with Crippen molar-refractivity contribution < 1.29 is 4.79 Å². The SMILES string of the molecule is Cc1ccccc1CCNC(=O)c1cnc(N)c(Cl)c1. The van der Waals surface area contributed by atoms with Gasteiger partial charge < -0.3 is 11.1 Å². The molecule has 1 heterocycles. The number of hydrogen-bond donors (Lipinski definition) is 2. The third-order valence-electron chi connectivity index (χ3n) is 3.07. The standard InChI is InChI=1S/C15H16ClN3O/c1-10-4-2-3-5-11(10)6-7-18-15(20)12-8-13(16)14(17)19-9-12/h2-5,8-9H,6-7H2,1H3,(H2,17,19)(H,18,20). The lowest BCUT2D eigenvalue weighted by Crippen LogP contribution is -2.26. The zero-order valence-corrected chi connectivity index (χ0v) is 11.9. The number of carbonyl (C=O) groups is 1. The summed E-state index contributed by atoms with van der Waals surface area (Å²) >= 11 is 5.84. The third kappa shape index (κ3) is 3.48. The first-order chi connectivity index (χ1) is 9.58. The highest BCUT2D eigenvalue weighted by atomic mass is 35.5. The van der Waals surface area contributed by atoms with Crippen LogP contribution in [0.5, 0.6) is 0 Å². The van der Waals surface area contributed by atoms with Crippen molar-refractivity contribution in [1.82, 2.24) is 10.3 Å². The van der Waals surface area contributed by atoms with E-state index in [2.05, 4.69) is 29.4 Å². The molecule has 1 amide bonds. The molecular weight excluding hydrogens is 274 g/mol. The summed E-state index contributed by atoms with van der Waals surface area (Å²) in [6.45, 7) is 2.62. The van der Waals surface area contributed by atoms with Gasteiger partial charge >= 0.3 is 0 Å². The minimum absolute atomic E-state index is 0.201. The van der Waals surface area contributed by atoms with E-state index >= 15 is 0 Å². The van der Waals surface area contributed by atoms with Crippen LogP contribution < -0.4 is 11.1 Å². The molecule has 0 saturated carbocycles. The van der Waals surface area contributed by atoms with E-state index in [0.717, 1.165) is 6.42 Å². The van der Waals surface area contributed by atoms with Gasteiger partial charge in [-0.15, -0.1) is 0 Å². The molecule has 2 rings (SSSR count). The Labute approximate surface area is 123 Å². The smallest absolute Gasteiger partial charge is 0.252 e. The van der Waals surface area contributed by atoms with E-state index in [-0.39, 0.29) is 16.7 Å². The first-order valence-corrected chi connectivity index (χ1v) is 6.69. The highest BCUT2D eigenvalue weighted by Crippen LogP contribution is 2.16. The molecule has 0 aliphatic heterocycles. The van der Waals surface area contributed by atoms with E-state index in [1.165, 1.54) is 23.4 Å². The van der Waals surface area contributed by atoms with E-state index in [1.54, 1.807) is 0 Å². The maximum absolute atomic E-state index is 11.9. The molecule has 0 aliphatic carbocycles. The fourth-order valence-corrected chi connectivity index (χ4v) is 2.04. The number of halogens is 1. The van der Waals surface area contributed by atoms with Crippen LogP contribution in [0.2, 0.25) is 5.02 Å². The van der Waals surface area contributed by atoms with Gasteiger partial charge in [-0.05, 0) is 30.5 Å². The number of nitrogens with two attached hydrogens (primary N) is 1. The average molecular weight is 290 g/mol. The monoisotopic (exact) mass is 289 g/mol. The Balaban J connectivity index is 1.92. The molecule has 0 radical (unpaired) electrons. The summed E-state index contributed by atoms with van der Waals surface area (Å²) in [6, 6.07) is 9.63. The number of hydrogen-bond acceptors (Lipinski definition) is 3. The van der Waals surface area contributed by atoms with Gasteiger partial charge in [-0.2, -0.15) is 0 Å². The second-order valence-corrected chi connectivity index (χ2v) is 4.93. The molecule has 20 heavy (non-hydrogen) atoms. The minimum Gasteiger partial charge on any atom is -0.382 e. The number of carbonyl (C=O) groups excluding carboxylic acids is 1. The largest absolute Gasteiger partial charge is 0.382 e. The molecular formula is C15H16ClN3O. The lowest BCUT2D eigenvalue weighted by atomic mass is 10.1. The lowest BCUT2D eigenvalue weighted by Gasteiger charge is -2.08. The molecule has 3 N–H and O–H groups in total. The Kier molecular flexibility index (Phi) is 4.58. The third-order valence-corrected chi connectivity index (χ3v) is 3.38. The predicted molar refractivity (Wildman–Crippen MR) is 80.9 cm³/mol. The van der Waals surface area contributed by atoms with Crippen molar-refractivity contribution in [3.05, 3.63) is 58.2 Å². The first-order valence-electron chi connectivity index (χ1n) is 6.31. The summed E-state index contributed by atoms with van der Waals surface area (Å²) in [7, 11) is 0. The summed E-state index contributed by atoms with van der Waals surface area (Å²) in [4.78, 5) is 15.8. The number of anilines is 1. The topological polar surface area (TPSA) is 68.0 Å². The molecule has 5 heteroatoms. The summed E-state index contributed by atoms with van der Waals surface area (Å²) in [5.41, 5.74) is 8.36. The summed E-state index contributed by atoms with van der Waals surface area (Å²) in [5, 5.41) is 3.13. The van der Waals surface area contributed by atoms with Crippen LogP contribution in [0.1, 0.15) is 21.5 Å². The van der Waals surface area contributed by atoms with Gasteiger partial charge in [0, 0.05) is 12.7 Å². The van der Waals surface area contributed by atoms with Gasteiger partial charge in [0.05, 0.1) is 10.6 Å². The van der Waals surface area contributed by atoms with Gasteiger partial charge in [0.25, 0.3) is 5.91 Å². The Morgan fingerprint density at radius 3 is 2.85 bits per heavy atom. The van der Waals surface area contributed by atoms with E-state index in [4.69, 9.17) is 17.3 Å². The fraction of sp³-hybridized carbons (Fsp3) is 0.200. The maximum atomic E-state index is 11.9. The molecule has 0 atom stereocenters. The van der Waals surface area contributed by atoms with Crippen LogP contribution in [0, 0.1) is 6.92 Å². The number of aromatic nitrogens is 1. The van der Waals surface area contributed by atoms with Crippen molar-refractivity contribution in [2.75, 3.05) is 12.3 Å². The van der Waals surface area contributed by atoms with Crippen molar-refractivity contribution >= 4 is 23.3 Å². The van der Waals surface area contributed by atoms with Crippen LogP contribution in [0.15, 0.2) is 36.5 Å². The number of aryl methyl sites for hydroxylation is 1. The van der Waals surface area contributed by atoms with E-state index in [0.29, 0.717) is 12.1 Å². The number of nitrogens with one attached hydrogen (secondary N) is 1. The maximum Gasteiger partial charge on any atom is 0.252 e. The van der Waals surface area contributed by atoms with Crippen LogP contribution in [0.4, 0.5) is 5.82 Å². The van der Waals surface area contributed by atoms with E-state index in [1.807, 2.05) is 12.1 Å². The highest BCUT2D eigenvalue weighted by molar-refractivity contribution is 6.33. The van der Waals surface area contributed by atoms with Crippen LogP contribution in [-0.2, 0) is 6.42 Å². The van der Waals surface area contributed by atoms with Gasteiger partial charge in [0.2, 0.25) is 0 Å². The van der Waals surface area contributed by atoms with Gasteiger partial charge in [0.15, 0.2) is 0 Å². The van der Waals surface area contributed by atoms with Crippen molar-refractivity contribution in [2.24, 2.45) is 0 Å². The normalized spacial score (nSPS) is 10.3. The Hall–Kier alpha value is -2.07. The lowest BCUT2D eigenvalue weighted by molar-refractivity contribution is 0.0954. The van der Waals surface area contributed by atoms with Crippen LogP contribution in [0.3, 0.4) is 0 Å². The van der Waals surface area contributed by atoms with Gasteiger partial charge in [-0.3, -0.25) is 4.79 Å². The van der Waals surface area contributed by atoms with Gasteiger partial charge in [0.1, 0.15) is 5.82 Å². The zero-order chi connectivity index (χ0) is 14.5. The number of amides is 1. The molecule has 104 valence electrons. The van der Waals surface area contributed by atoms with Crippen molar-refractivity contribution in [3.8, 4) is 0 Å². The zero-order valence-electron chi connectivity index (χ0n) is 11.2. The van der Waals surface area contributed by atoms with Gasteiger partial charge in [-0.1, -0.05) is 35.9 Å². The van der Waals surface area contributed by atoms with Crippen molar-refractivity contribution in [1.29, 1.82) is 0 Å². The number of rotatable bonds is 4. The van der Waals surface area contributed by atoms with Gasteiger partial charge in [-0.25, -0.2) is 4.98 Å². The molecule has 0 bridgehead atoms. The summed E-state index contributed by atoms with van der Waals surface area (Å²) < 4.78 is 0. The highest BCUT2D eigenvalue weighted by Gasteiger charge is 2.08. The summed E-state index contributed by atoms with van der Waals surface area (Å²) in [6.07, 6.45) is 2.21. The average Bonchev–Trinajstić information content (AvgIpc) is 2.44. The number of benzene rings is 1. The minimum atomic E-state index is -0.201. The van der Waals surface area contributed by atoms with Crippen LogP contribution >= 0.6 is 11.6 Å². The molecule has 2 aromatic rings. The molecule has 0 unspecified atom stereocenters. The Morgan fingerprint density at radius 1 is 1.40 bits per heavy atom. The molecule has 0 spiro atoms. The molecule has 1 aromatic heterocycles. The van der Waals surface area contributed by atoms with Crippen LogP contribution in [-0.4, -0.2) is 17.4 Å². The van der Waals surface area contributed by atoms with E-state index < -0.39 is 0 Å². The second kappa shape index (κ2) is 6.39. The first kappa shape index (κ1) is 14.3. The number of nitrogen functional groups attached to an aromatic ring is 1. The second-order valence-electron chi connectivity index (χ2n) is 4.52. The summed E-state index contributed by atoms with van der Waals surface area (Å²) in [5.74, 6) is 0.0242. The predicted octanol–water partition coefficient (Wildman–Crippen LogP) is 2.60. The Morgan fingerprint density at radius 2 is 2.15 bits per heavy atom.